The minimum absolute atomic E-state index is 0.0879. The van der Waals surface area contributed by atoms with Gasteiger partial charge in [-0.15, -0.1) is 0 Å². The van der Waals surface area contributed by atoms with Gasteiger partial charge in [-0.2, -0.15) is 0 Å². The van der Waals surface area contributed by atoms with Gasteiger partial charge in [0.15, 0.2) is 5.78 Å². The lowest BCUT2D eigenvalue weighted by Gasteiger charge is -2.21. The van der Waals surface area contributed by atoms with E-state index < -0.39 is 6.04 Å². The number of nitrogens with one attached hydrogen (secondary N) is 1. The maximum Gasteiger partial charge on any atom is 0.328 e. The summed E-state index contributed by atoms with van der Waals surface area (Å²) in [6.45, 7) is 10.1. The zero-order valence-electron chi connectivity index (χ0n) is 17.1. The number of hydrogen-bond acceptors (Lipinski definition) is 4. The van der Waals surface area contributed by atoms with Crippen molar-refractivity contribution in [2.24, 2.45) is 5.92 Å². The number of hydrogen-bond donors (Lipinski definition) is 1. The Morgan fingerprint density at radius 3 is 2.04 bits per heavy atom. The number of benzene rings is 2. The normalized spacial score (nSPS) is 12.0. The number of carbonyl (C=O) groups is 2. The van der Waals surface area contributed by atoms with Gasteiger partial charge in [-0.25, -0.2) is 4.79 Å². The van der Waals surface area contributed by atoms with Crippen molar-refractivity contribution in [1.82, 2.24) is 0 Å². The molecule has 0 unspecified atom stereocenters. The molecule has 0 radical (unpaired) electrons. The van der Waals surface area contributed by atoms with Gasteiger partial charge in [0.25, 0.3) is 0 Å². The Morgan fingerprint density at radius 2 is 1.56 bits per heavy atom. The highest BCUT2D eigenvalue weighted by molar-refractivity contribution is 5.98. The van der Waals surface area contributed by atoms with Gasteiger partial charge in [0.05, 0.1) is 7.11 Å². The largest absolute Gasteiger partial charge is 0.467 e. The van der Waals surface area contributed by atoms with Crippen LogP contribution >= 0.6 is 0 Å². The molecular weight excluding hydrogens is 338 g/mol. The fourth-order valence-corrected chi connectivity index (χ4v) is 3.31. The van der Waals surface area contributed by atoms with Crippen LogP contribution in [0.25, 0.3) is 0 Å². The number of anilines is 1. The molecule has 0 aromatic heterocycles. The first-order valence-electron chi connectivity index (χ1n) is 9.27. The first-order chi connectivity index (χ1) is 12.7. The molecule has 2 aromatic carbocycles. The fraction of sp³-hybridized carbons (Fsp3) is 0.391. The van der Waals surface area contributed by atoms with Crippen molar-refractivity contribution in [1.29, 1.82) is 0 Å². The van der Waals surface area contributed by atoms with Gasteiger partial charge < -0.3 is 10.1 Å². The van der Waals surface area contributed by atoms with Gasteiger partial charge >= 0.3 is 5.97 Å². The third kappa shape index (κ3) is 5.19. The number of methoxy groups -OCH3 is 1. The molecule has 0 saturated carbocycles. The summed E-state index contributed by atoms with van der Waals surface area (Å²) in [6, 6.07) is 11.1. The van der Waals surface area contributed by atoms with Crippen LogP contribution < -0.4 is 5.32 Å². The number of ketones is 1. The minimum Gasteiger partial charge on any atom is -0.467 e. The van der Waals surface area contributed by atoms with Crippen LogP contribution in [0.2, 0.25) is 0 Å². The van der Waals surface area contributed by atoms with Gasteiger partial charge in [-0.1, -0.05) is 31.5 Å². The molecule has 2 aromatic rings. The predicted octanol–water partition coefficient (Wildman–Crippen LogP) is 4.65. The Kier molecular flexibility index (Phi) is 6.78. The monoisotopic (exact) mass is 367 g/mol. The second-order valence-electron chi connectivity index (χ2n) is 7.44. The lowest BCUT2D eigenvalue weighted by Crippen LogP contribution is -2.35. The molecule has 1 atom stereocenters. The summed E-state index contributed by atoms with van der Waals surface area (Å²) in [5.74, 6) is -0.119. The van der Waals surface area contributed by atoms with E-state index in [-0.39, 0.29) is 17.7 Å². The smallest absolute Gasteiger partial charge is 0.328 e. The van der Waals surface area contributed by atoms with Crippen molar-refractivity contribution < 1.29 is 14.3 Å². The van der Waals surface area contributed by atoms with Crippen molar-refractivity contribution in [3.8, 4) is 0 Å². The third-order valence-electron chi connectivity index (χ3n) is 4.83. The molecule has 0 saturated heterocycles. The second kappa shape index (κ2) is 8.85. The van der Waals surface area contributed by atoms with Crippen LogP contribution in [0, 0.1) is 26.7 Å². The average molecular weight is 367 g/mol. The summed E-state index contributed by atoms with van der Waals surface area (Å²) in [4.78, 5) is 24.6. The molecule has 0 fully saturated rings. The fourth-order valence-electron chi connectivity index (χ4n) is 3.31. The standard InChI is InChI=1S/C23H29NO3/c1-14(2)22(23(26)27-6)24-19-9-7-18(8-10-19)21(25)13-20-16(4)11-15(3)12-17(20)5/h7-12,14,22,24H,13H2,1-6H3/t22-/m0/s1. The van der Waals surface area contributed by atoms with Crippen LogP contribution in [-0.4, -0.2) is 24.9 Å². The molecule has 0 aliphatic heterocycles. The van der Waals surface area contributed by atoms with Crippen LogP contribution in [0.4, 0.5) is 5.69 Å². The van der Waals surface area contributed by atoms with Crippen molar-refractivity contribution in [2.75, 3.05) is 12.4 Å². The van der Waals surface area contributed by atoms with Crippen LogP contribution in [0.5, 0.6) is 0 Å². The SMILES string of the molecule is COC(=O)[C@@H](Nc1ccc(C(=O)Cc2c(C)cc(C)cc2C)cc1)C(C)C. The molecule has 0 amide bonds. The van der Waals surface area contributed by atoms with Gasteiger partial charge in [0.2, 0.25) is 0 Å². The first-order valence-corrected chi connectivity index (χ1v) is 9.27. The Hall–Kier alpha value is -2.62. The van der Waals surface area contributed by atoms with E-state index in [2.05, 4.69) is 38.2 Å². The molecule has 0 aliphatic rings. The molecule has 144 valence electrons. The molecule has 4 nitrogen and oxygen atoms in total. The third-order valence-corrected chi connectivity index (χ3v) is 4.83. The molecule has 0 aliphatic carbocycles. The molecule has 27 heavy (non-hydrogen) atoms. The van der Waals surface area contributed by atoms with Gasteiger partial charge in [-0.05, 0) is 67.6 Å². The van der Waals surface area contributed by atoms with Gasteiger partial charge in [0.1, 0.15) is 6.04 Å². The summed E-state index contributed by atoms with van der Waals surface area (Å²) < 4.78 is 4.85. The molecule has 0 spiro atoms. The van der Waals surface area contributed by atoms with E-state index in [0.717, 1.165) is 22.4 Å². The number of ether oxygens (including phenoxy) is 1. The van der Waals surface area contributed by atoms with Gasteiger partial charge in [-0.3, -0.25) is 4.79 Å². The molecule has 1 N–H and O–H groups in total. The summed E-state index contributed by atoms with van der Waals surface area (Å²) in [5, 5.41) is 3.18. The maximum atomic E-state index is 12.7. The quantitative estimate of drug-likeness (QED) is 0.572. The number of esters is 1. The lowest BCUT2D eigenvalue weighted by molar-refractivity contribution is -0.142. The number of aryl methyl sites for hydroxylation is 3. The number of rotatable bonds is 7. The van der Waals surface area contributed by atoms with E-state index in [4.69, 9.17) is 4.74 Å². The Labute approximate surface area is 161 Å². The number of Topliss-reactive ketones (excluding diaryl/α,β-unsaturated/α-hetero) is 1. The first kappa shape index (κ1) is 20.7. The van der Waals surface area contributed by atoms with E-state index in [9.17, 15) is 9.59 Å². The Morgan fingerprint density at radius 1 is 1.00 bits per heavy atom. The molecular formula is C23H29NO3. The van der Waals surface area contributed by atoms with E-state index >= 15 is 0 Å². The second-order valence-corrected chi connectivity index (χ2v) is 7.44. The van der Waals surface area contributed by atoms with Crippen molar-refractivity contribution in [3.05, 3.63) is 64.2 Å². The topological polar surface area (TPSA) is 55.4 Å². The van der Waals surface area contributed by atoms with Crippen LogP contribution in [0.3, 0.4) is 0 Å². The summed E-state index contributed by atoms with van der Waals surface area (Å²) in [5.41, 5.74) is 6.06. The number of carbonyl (C=O) groups excluding carboxylic acids is 2. The zero-order chi connectivity index (χ0) is 20.1. The van der Waals surface area contributed by atoms with E-state index in [1.54, 1.807) is 12.1 Å². The summed E-state index contributed by atoms with van der Waals surface area (Å²) in [7, 11) is 1.39. The van der Waals surface area contributed by atoms with E-state index in [1.807, 2.05) is 26.0 Å². The lowest BCUT2D eigenvalue weighted by atomic mass is 9.94. The molecule has 0 heterocycles. The molecule has 2 rings (SSSR count). The van der Waals surface area contributed by atoms with Crippen molar-refractivity contribution in [3.63, 3.8) is 0 Å². The van der Waals surface area contributed by atoms with Crippen LogP contribution in [-0.2, 0) is 16.0 Å². The Bertz CT molecular complexity index is 799. The molecule has 4 heteroatoms. The highest BCUT2D eigenvalue weighted by Gasteiger charge is 2.22. The highest BCUT2D eigenvalue weighted by atomic mass is 16.5. The van der Waals surface area contributed by atoms with Crippen LogP contribution in [0.1, 0.15) is 46.5 Å². The average Bonchev–Trinajstić information content (AvgIpc) is 2.62. The summed E-state index contributed by atoms with van der Waals surface area (Å²) >= 11 is 0. The summed E-state index contributed by atoms with van der Waals surface area (Å²) in [6.07, 6.45) is 0.390. The maximum absolute atomic E-state index is 12.7. The predicted molar refractivity (Wildman–Crippen MR) is 109 cm³/mol. The van der Waals surface area contributed by atoms with Crippen molar-refractivity contribution in [2.45, 2.75) is 47.1 Å². The van der Waals surface area contributed by atoms with E-state index in [0.29, 0.717) is 12.0 Å². The minimum atomic E-state index is -0.422. The Balaban J connectivity index is 2.13. The molecule has 0 bridgehead atoms. The van der Waals surface area contributed by atoms with Gasteiger partial charge in [0, 0.05) is 17.7 Å². The van der Waals surface area contributed by atoms with Crippen LogP contribution in [0.15, 0.2) is 36.4 Å². The zero-order valence-corrected chi connectivity index (χ0v) is 17.1. The van der Waals surface area contributed by atoms with Crippen molar-refractivity contribution >= 4 is 17.4 Å². The highest BCUT2D eigenvalue weighted by Crippen LogP contribution is 2.20. The van der Waals surface area contributed by atoms with E-state index in [1.165, 1.54) is 12.7 Å².